The number of nitrogens with one attached hydrogen (secondary N) is 2. The Morgan fingerprint density at radius 1 is 1.14 bits per heavy atom. The first-order chi connectivity index (χ1) is 13.4. The van der Waals surface area contributed by atoms with Crippen LogP contribution in [0.1, 0.15) is 12.7 Å². The maximum atomic E-state index is 14.3. The van der Waals surface area contributed by atoms with Crippen LogP contribution in [0.2, 0.25) is 0 Å². The second kappa shape index (κ2) is 6.72. The van der Waals surface area contributed by atoms with Crippen molar-refractivity contribution in [3.05, 3.63) is 48.3 Å². The molecule has 2 N–H and O–H groups in total. The second-order valence-electron chi connectivity index (χ2n) is 6.23. The normalized spacial score (nSPS) is 11.0. The Bertz CT molecular complexity index is 1200. The number of carbonyl (C=O) groups is 1. The van der Waals surface area contributed by atoms with Gasteiger partial charge in [0.15, 0.2) is 23.1 Å². The Hall–Kier alpha value is -3.82. The van der Waals surface area contributed by atoms with Crippen molar-refractivity contribution in [1.29, 1.82) is 0 Å². The van der Waals surface area contributed by atoms with Crippen molar-refractivity contribution in [3.63, 3.8) is 0 Å². The molecule has 0 aliphatic carbocycles. The molecule has 1 amide bonds. The standard InChI is InChI=1S/C18H17FN8O/c1-10-20-13(9-15(21-10)22-11(2)28)16-17(23-14-6-8-26(3)25-14)24-18-12(19)5-4-7-27(16)18/h4-9H,1-3H3,(H,23,25)(H,20,21,22,28). The molecule has 0 spiro atoms. The second-order valence-corrected chi connectivity index (χ2v) is 6.23. The molecule has 0 aromatic carbocycles. The molecule has 28 heavy (non-hydrogen) atoms. The molecule has 4 aromatic heterocycles. The summed E-state index contributed by atoms with van der Waals surface area (Å²) in [5, 5.41) is 10.0. The Morgan fingerprint density at radius 3 is 2.68 bits per heavy atom. The summed E-state index contributed by atoms with van der Waals surface area (Å²) in [4.78, 5) is 24.5. The van der Waals surface area contributed by atoms with E-state index in [2.05, 4.69) is 30.7 Å². The van der Waals surface area contributed by atoms with E-state index in [1.807, 2.05) is 0 Å². The minimum Gasteiger partial charge on any atom is -0.322 e. The Morgan fingerprint density at radius 2 is 1.96 bits per heavy atom. The Balaban J connectivity index is 1.92. The predicted molar refractivity (Wildman–Crippen MR) is 102 cm³/mol. The lowest BCUT2D eigenvalue weighted by Crippen LogP contribution is -2.09. The zero-order valence-corrected chi connectivity index (χ0v) is 15.4. The molecule has 0 saturated carbocycles. The Kier molecular flexibility index (Phi) is 4.22. The highest BCUT2D eigenvalue weighted by Gasteiger charge is 2.20. The molecule has 4 aromatic rings. The third kappa shape index (κ3) is 3.27. The smallest absolute Gasteiger partial charge is 0.222 e. The number of amides is 1. The van der Waals surface area contributed by atoms with E-state index in [-0.39, 0.29) is 11.6 Å². The largest absolute Gasteiger partial charge is 0.322 e. The molecule has 0 unspecified atom stereocenters. The first-order valence-corrected chi connectivity index (χ1v) is 8.47. The van der Waals surface area contributed by atoms with Crippen LogP contribution in [0.3, 0.4) is 0 Å². The van der Waals surface area contributed by atoms with Gasteiger partial charge in [0.05, 0.1) is 5.69 Å². The van der Waals surface area contributed by atoms with Crippen LogP contribution in [-0.2, 0) is 11.8 Å². The maximum Gasteiger partial charge on any atom is 0.222 e. The molecule has 0 fully saturated rings. The summed E-state index contributed by atoms with van der Waals surface area (Å²) in [6, 6.07) is 6.32. The van der Waals surface area contributed by atoms with E-state index in [0.29, 0.717) is 34.7 Å². The number of aromatic nitrogens is 6. The van der Waals surface area contributed by atoms with Crippen molar-refractivity contribution < 1.29 is 9.18 Å². The first-order valence-electron chi connectivity index (χ1n) is 8.47. The van der Waals surface area contributed by atoms with Crippen LogP contribution in [0.15, 0.2) is 36.7 Å². The summed E-state index contributed by atoms with van der Waals surface area (Å²) >= 11 is 0. The molecule has 0 aliphatic rings. The average molecular weight is 380 g/mol. The van der Waals surface area contributed by atoms with Gasteiger partial charge in [-0.25, -0.2) is 19.3 Å². The van der Waals surface area contributed by atoms with Gasteiger partial charge in [-0.1, -0.05) is 0 Å². The lowest BCUT2D eigenvalue weighted by Gasteiger charge is -2.09. The van der Waals surface area contributed by atoms with E-state index in [9.17, 15) is 9.18 Å². The highest BCUT2D eigenvalue weighted by atomic mass is 19.1. The van der Waals surface area contributed by atoms with Gasteiger partial charge in [0.25, 0.3) is 0 Å². The van der Waals surface area contributed by atoms with Crippen LogP contribution >= 0.6 is 0 Å². The van der Waals surface area contributed by atoms with Gasteiger partial charge >= 0.3 is 0 Å². The molecule has 0 aliphatic heterocycles. The number of rotatable bonds is 4. The SMILES string of the molecule is CC(=O)Nc1cc(-c2c(Nc3ccn(C)n3)nc3c(F)cccn23)nc(C)n1. The highest BCUT2D eigenvalue weighted by Crippen LogP contribution is 2.31. The average Bonchev–Trinajstić information content (AvgIpc) is 3.18. The zero-order chi connectivity index (χ0) is 19.8. The number of aryl methyl sites for hydroxylation is 2. The van der Waals surface area contributed by atoms with Gasteiger partial charge in [0, 0.05) is 38.5 Å². The van der Waals surface area contributed by atoms with Crippen LogP contribution in [0, 0.1) is 12.7 Å². The highest BCUT2D eigenvalue weighted by molar-refractivity contribution is 5.88. The van der Waals surface area contributed by atoms with Crippen LogP contribution in [0.5, 0.6) is 0 Å². The number of pyridine rings is 1. The molecule has 9 nitrogen and oxygen atoms in total. The van der Waals surface area contributed by atoms with Gasteiger partial charge in [-0.15, -0.1) is 0 Å². The molecule has 4 rings (SSSR count). The van der Waals surface area contributed by atoms with Gasteiger partial charge in [-0.3, -0.25) is 13.9 Å². The lowest BCUT2D eigenvalue weighted by molar-refractivity contribution is -0.114. The molecule has 0 bridgehead atoms. The van der Waals surface area contributed by atoms with Crippen molar-refractivity contribution in [3.8, 4) is 11.4 Å². The summed E-state index contributed by atoms with van der Waals surface area (Å²) in [7, 11) is 1.79. The third-order valence-corrected chi connectivity index (χ3v) is 3.95. The Labute approximate surface area is 159 Å². The molecule has 0 saturated heterocycles. The molecule has 4 heterocycles. The van der Waals surface area contributed by atoms with Crippen molar-refractivity contribution in [2.24, 2.45) is 7.05 Å². The minimum atomic E-state index is -0.467. The minimum absolute atomic E-state index is 0.147. The van der Waals surface area contributed by atoms with Gasteiger partial charge in [0.1, 0.15) is 17.3 Å². The number of anilines is 3. The summed E-state index contributed by atoms with van der Waals surface area (Å²) in [6.07, 6.45) is 3.47. The van der Waals surface area contributed by atoms with E-state index in [4.69, 9.17) is 0 Å². The van der Waals surface area contributed by atoms with Crippen molar-refractivity contribution >= 4 is 29.0 Å². The fourth-order valence-electron chi connectivity index (χ4n) is 2.90. The molecule has 0 radical (unpaired) electrons. The fourth-order valence-corrected chi connectivity index (χ4v) is 2.90. The van der Waals surface area contributed by atoms with Crippen LogP contribution in [0.25, 0.3) is 17.0 Å². The van der Waals surface area contributed by atoms with Crippen LogP contribution < -0.4 is 10.6 Å². The van der Waals surface area contributed by atoms with E-state index < -0.39 is 5.82 Å². The number of imidazole rings is 1. The van der Waals surface area contributed by atoms with E-state index in [0.717, 1.165) is 0 Å². The lowest BCUT2D eigenvalue weighted by atomic mass is 10.2. The van der Waals surface area contributed by atoms with Crippen molar-refractivity contribution in [2.75, 3.05) is 10.6 Å². The van der Waals surface area contributed by atoms with E-state index in [1.165, 1.54) is 13.0 Å². The number of nitrogens with zero attached hydrogens (tertiary/aromatic N) is 6. The van der Waals surface area contributed by atoms with Crippen molar-refractivity contribution in [2.45, 2.75) is 13.8 Å². The summed E-state index contributed by atoms with van der Waals surface area (Å²) in [5.41, 5.74) is 1.15. The van der Waals surface area contributed by atoms with Crippen LogP contribution in [-0.4, -0.2) is 35.0 Å². The first kappa shape index (κ1) is 17.6. The van der Waals surface area contributed by atoms with Crippen LogP contribution in [0.4, 0.5) is 21.8 Å². The summed E-state index contributed by atoms with van der Waals surface area (Å²) in [6.45, 7) is 3.11. The quantitative estimate of drug-likeness (QED) is 0.564. The number of halogens is 1. The zero-order valence-electron chi connectivity index (χ0n) is 15.4. The fraction of sp³-hybridized carbons (Fsp3) is 0.167. The van der Waals surface area contributed by atoms with Gasteiger partial charge in [-0.05, 0) is 19.1 Å². The van der Waals surface area contributed by atoms with E-state index in [1.54, 1.807) is 53.6 Å². The summed E-state index contributed by atoms with van der Waals surface area (Å²) < 4.78 is 17.6. The van der Waals surface area contributed by atoms with Crippen molar-refractivity contribution in [1.82, 2.24) is 29.1 Å². The molecule has 0 atom stereocenters. The van der Waals surface area contributed by atoms with Gasteiger partial charge in [0.2, 0.25) is 5.91 Å². The molecule has 142 valence electrons. The molecular weight excluding hydrogens is 363 g/mol. The van der Waals surface area contributed by atoms with Gasteiger partial charge in [-0.2, -0.15) is 5.10 Å². The topological polar surface area (TPSA) is 102 Å². The predicted octanol–water partition coefficient (Wildman–Crippen LogP) is 2.67. The number of hydrogen-bond acceptors (Lipinski definition) is 6. The van der Waals surface area contributed by atoms with Gasteiger partial charge < -0.3 is 10.6 Å². The van der Waals surface area contributed by atoms with E-state index >= 15 is 0 Å². The third-order valence-electron chi connectivity index (χ3n) is 3.95. The molecular formula is C18H17FN8O. The number of fused-ring (bicyclic) bond motifs is 1. The number of carbonyl (C=O) groups excluding carboxylic acids is 1. The summed E-state index contributed by atoms with van der Waals surface area (Å²) in [5.74, 6) is 1.03. The maximum absolute atomic E-state index is 14.3. The number of hydrogen-bond donors (Lipinski definition) is 2. The molecule has 10 heteroatoms. The monoisotopic (exact) mass is 380 g/mol.